The molecule has 3 N–H and O–H groups in total. The summed E-state index contributed by atoms with van der Waals surface area (Å²) in [6, 6.07) is 0. The summed E-state index contributed by atoms with van der Waals surface area (Å²) in [6.07, 6.45) is 82.5. The number of esters is 4. The standard InChI is InChI=1S/C85H150O17P2/c1-5-9-13-17-21-25-29-33-36-39-42-46-50-54-58-62-66-70-83(88)96-76-81(102-85(90)72-68-64-60-56-52-48-44-41-38-35-31-27-23-19-15-11-7-3)78-100-104(93,94)98-74-79(86)73-97-103(91,92)99-77-80(75-95-82(87)69-65-61-57-53-49-45-32-28-24-20-16-12-8-4)101-84(89)71-67-63-59-55-51-47-43-40-37-34-30-26-22-18-14-10-6-2/h22-23,26-27,34-35,37-38,43-44,47-48,55-56,59-60,79-81,86H,5-21,24-25,28-33,36,39-42,45-46,49-54,57-58,61-78H2,1-4H3,(H,91,92)(H,93,94)/b26-22-,27-23-,37-34-,38-35-,47-43-,48-44-,59-55-,60-56-/t79-,80+,81+/m0/s1. The van der Waals surface area contributed by atoms with Crippen LogP contribution in [0.1, 0.15) is 362 Å². The molecule has 2 unspecified atom stereocenters. The lowest BCUT2D eigenvalue weighted by atomic mass is 10.0. The van der Waals surface area contributed by atoms with E-state index >= 15 is 0 Å². The van der Waals surface area contributed by atoms with Crippen molar-refractivity contribution in [3.63, 3.8) is 0 Å². The fourth-order valence-corrected chi connectivity index (χ4v) is 12.8. The molecule has 0 saturated carbocycles. The second-order valence-electron chi connectivity index (χ2n) is 27.7. The van der Waals surface area contributed by atoms with Gasteiger partial charge in [-0.05, 0) is 103 Å². The average Bonchev–Trinajstić information content (AvgIpc) is 0.911. The van der Waals surface area contributed by atoms with Crippen molar-refractivity contribution in [2.24, 2.45) is 0 Å². The summed E-state index contributed by atoms with van der Waals surface area (Å²) in [5.41, 5.74) is 0. The zero-order valence-electron chi connectivity index (χ0n) is 65.9. The van der Waals surface area contributed by atoms with E-state index in [9.17, 15) is 43.2 Å². The van der Waals surface area contributed by atoms with Gasteiger partial charge >= 0.3 is 39.5 Å². The topological polar surface area (TPSA) is 237 Å². The van der Waals surface area contributed by atoms with Gasteiger partial charge in [-0.15, -0.1) is 0 Å². The third-order valence-electron chi connectivity index (χ3n) is 17.6. The summed E-state index contributed by atoms with van der Waals surface area (Å²) in [5, 5.41) is 10.6. The molecular weight excluding hydrogens is 1350 g/mol. The number of carbonyl (C=O) groups excluding carboxylic acids is 4. The number of allylic oxidation sites excluding steroid dienone is 16. The molecule has 0 radical (unpaired) electrons. The van der Waals surface area contributed by atoms with Crippen molar-refractivity contribution in [1.29, 1.82) is 0 Å². The molecule has 0 aromatic carbocycles. The highest BCUT2D eigenvalue weighted by molar-refractivity contribution is 7.47. The summed E-state index contributed by atoms with van der Waals surface area (Å²) in [6.45, 7) is 4.76. The number of phosphoric acid groups is 2. The molecule has 0 spiro atoms. The molecule has 0 fully saturated rings. The van der Waals surface area contributed by atoms with E-state index in [1.807, 2.05) is 24.3 Å². The number of phosphoric ester groups is 2. The van der Waals surface area contributed by atoms with Crippen LogP contribution in [-0.4, -0.2) is 96.7 Å². The van der Waals surface area contributed by atoms with Crippen molar-refractivity contribution < 1.29 is 80.2 Å². The van der Waals surface area contributed by atoms with Crippen molar-refractivity contribution in [1.82, 2.24) is 0 Å². The van der Waals surface area contributed by atoms with E-state index in [2.05, 4.69) is 101 Å². The van der Waals surface area contributed by atoms with Gasteiger partial charge in [-0.3, -0.25) is 37.3 Å². The lowest BCUT2D eigenvalue weighted by Crippen LogP contribution is -2.30. The fourth-order valence-electron chi connectivity index (χ4n) is 11.2. The van der Waals surface area contributed by atoms with Gasteiger partial charge in [0.15, 0.2) is 12.2 Å². The van der Waals surface area contributed by atoms with Gasteiger partial charge in [-0.25, -0.2) is 9.13 Å². The van der Waals surface area contributed by atoms with Gasteiger partial charge in [0.2, 0.25) is 0 Å². The van der Waals surface area contributed by atoms with E-state index in [0.29, 0.717) is 38.5 Å². The van der Waals surface area contributed by atoms with Crippen LogP contribution in [0.25, 0.3) is 0 Å². The largest absolute Gasteiger partial charge is 0.472 e. The number of hydrogen-bond acceptors (Lipinski definition) is 15. The second kappa shape index (κ2) is 77.1. The van der Waals surface area contributed by atoms with Crippen LogP contribution in [0.3, 0.4) is 0 Å². The first kappa shape index (κ1) is 100.0. The Labute approximate surface area is 633 Å². The summed E-state index contributed by atoms with van der Waals surface area (Å²) in [7, 11) is -9.99. The van der Waals surface area contributed by atoms with Gasteiger partial charge in [-0.2, -0.15) is 0 Å². The maximum Gasteiger partial charge on any atom is 0.472 e. The van der Waals surface area contributed by atoms with Crippen LogP contribution in [0.15, 0.2) is 97.2 Å². The normalized spacial score (nSPS) is 14.3. The summed E-state index contributed by atoms with van der Waals surface area (Å²) in [4.78, 5) is 73.0. The Morgan fingerprint density at radius 3 is 0.750 bits per heavy atom. The van der Waals surface area contributed by atoms with E-state index in [1.165, 1.54) is 180 Å². The molecule has 0 aromatic rings. The number of aliphatic hydroxyl groups is 1. The van der Waals surface area contributed by atoms with Crippen LogP contribution in [0.5, 0.6) is 0 Å². The molecule has 0 heterocycles. The Bertz CT molecular complexity index is 2350. The lowest BCUT2D eigenvalue weighted by molar-refractivity contribution is -0.161. The minimum atomic E-state index is -4.99. The number of unbranched alkanes of at least 4 members (excludes halogenated alkanes) is 36. The molecule has 5 atom stereocenters. The molecule has 0 aliphatic carbocycles. The van der Waals surface area contributed by atoms with E-state index < -0.39 is 97.5 Å². The highest BCUT2D eigenvalue weighted by Gasteiger charge is 2.30. The van der Waals surface area contributed by atoms with Gasteiger partial charge in [-0.1, -0.05) is 330 Å². The van der Waals surface area contributed by atoms with Crippen molar-refractivity contribution in [2.45, 2.75) is 380 Å². The predicted octanol–water partition coefficient (Wildman–Crippen LogP) is 24.3. The Balaban J connectivity index is 5.43. The molecule has 104 heavy (non-hydrogen) atoms. The van der Waals surface area contributed by atoms with E-state index in [1.54, 1.807) is 0 Å². The molecule has 0 aromatic heterocycles. The quantitative estimate of drug-likeness (QED) is 0.0169. The predicted molar refractivity (Wildman–Crippen MR) is 427 cm³/mol. The van der Waals surface area contributed by atoms with Crippen molar-refractivity contribution in [2.75, 3.05) is 39.6 Å². The smallest absolute Gasteiger partial charge is 0.462 e. The third kappa shape index (κ3) is 76.2. The minimum Gasteiger partial charge on any atom is -0.462 e. The molecule has 19 heteroatoms. The van der Waals surface area contributed by atoms with Crippen molar-refractivity contribution in [3.8, 4) is 0 Å². The number of aliphatic hydroxyl groups excluding tert-OH is 1. The second-order valence-corrected chi connectivity index (χ2v) is 30.6. The van der Waals surface area contributed by atoms with E-state index in [-0.39, 0.29) is 25.7 Å². The molecule has 0 bridgehead atoms. The molecule has 0 aliphatic heterocycles. The van der Waals surface area contributed by atoms with Crippen LogP contribution in [-0.2, 0) is 65.4 Å². The van der Waals surface area contributed by atoms with Gasteiger partial charge in [0.05, 0.1) is 26.4 Å². The third-order valence-corrected chi connectivity index (χ3v) is 19.5. The Hall–Kier alpha value is -4.02. The first-order chi connectivity index (χ1) is 50.7. The van der Waals surface area contributed by atoms with E-state index in [0.717, 1.165) is 89.9 Å². The molecular formula is C85H150O17P2. The number of rotatable bonds is 78. The zero-order valence-corrected chi connectivity index (χ0v) is 67.7. The van der Waals surface area contributed by atoms with Gasteiger partial charge in [0.25, 0.3) is 0 Å². The van der Waals surface area contributed by atoms with Crippen LogP contribution < -0.4 is 0 Å². The first-order valence-corrected chi connectivity index (χ1v) is 44.5. The van der Waals surface area contributed by atoms with Crippen molar-refractivity contribution in [3.05, 3.63) is 97.2 Å². The summed E-state index contributed by atoms with van der Waals surface area (Å²) in [5.74, 6) is -2.28. The van der Waals surface area contributed by atoms with Crippen LogP contribution in [0.2, 0.25) is 0 Å². The average molecular weight is 1510 g/mol. The van der Waals surface area contributed by atoms with Crippen LogP contribution in [0, 0.1) is 0 Å². The van der Waals surface area contributed by atoms with Gasteiger partial charge in [0.1, 0.15) is 19.3 Å². The van der Waals surface area contributed by atoms with Crippen molar-refractivity contribution >= 4 is 39.5 Å². The van der Waals surface area contributed by atoms with Gasteiger partial charge < -0.3 is 33.8 Å². The highest BCUT2D eigenvalue weighted by atomic mass is 31.2. The Morgan fingerprint density at radius 1 is 0.269 bits per heavy atom. The van der Waals surface area contributed by atoms with Crippen LogP contribution in [0.4, 0.5) is 0 Å². The Kier molecular flexibility index (Phi) is 74.2. The Morgan fingerprint density at radius 2 is 0.481 bits per heavy atom. The maximum atomic E-state index is 13.1. The SMILES string of the molecule is CCCCC/C=C\C/C=C\C/C=C\C/C=C\CCCC(=O)O[C@H](COC(=O)CCCCCCCCCCCCCCC)COP(=O)(O)OC[C@H](O)COP(=O)(O)OC[C@@H](COC(=O)CCCCCCCCCCCCCCCCCCC)OC(=O)CCC/C=C\C/C=C\C/C=C\C/C=C\CCCCC. The number of ether oxygens (including phenoxy) is 4. The zero-order chi connectivity index (χ0) is 76.0. The molecule has 0 saturated heterocycles. The van der Waals surface area contributed by atoms with E-state index in [4.69, 9.17) is 37.0 Å². The van der Waals surface area contributed by atoms with Gasteiger partial charge in [0, 0.05) is 25.7 Å². The number of hydrogen-bond donors (Lipinski definition) is 3. The minimum absolute atomic E-state index is 0.0199. The lowest BCUT2D eigenvalue weighted by Gasteiger charge is -2.21. The molecule has 0 aliphatic rings. The number of carbonyl (C=O) groups is 4. The summed E-state index contributed by atoms with van der Waals surface area (Å²) >= 11 is 0. The highest BCUT2D eigenvalue weighted by Crippen LogP contribution is 2.45. The molecule has 602 valence electrons. The fraction of sp³-hybridized carbons (Fsp3) is 0.765. The van der Waals surface area contributed by atoms with Crippen LogP contribution >= 0.6 is 15.6 Å². The monoisotopic (exact) mass is 1510 g/mol. The summed E-state index contributed by atoms with van der Waals surface area (Å²) < 4.78 is 68.6. The first-order valence-electron chi connectivity index (χ1n) is 41.5. The molecule has 0 rings (SSSR count). The maximum absolute atomic E-state index is 13.1. The molecule has 17 nitrogen and oxygen atoms in total. The molecule has 0 amide bonds.